The van der Waals surface area contributed by atoms with Crippen molar-refractivity contribution < 1.29 is 9.53 Å². The largest absolute Gasteiger partial charge is 0.457 e. The first-order chi connectivity index (χ1) is 15.1. The topological polar surface area (TPSA) is 77.2 Å². The van der Waals surface area contributed by atoms with E-state index in [9.17, 15) is 4.79 Å². The Bertz CT molecular complexity index is 1250. The third kappa shape index (κ3) is 3.99. The van der Waals surface area contributed by atoms with Crippen LogP contribution in [0.2, 0.25) is 0 Å². The highest BCUT2D eigenvalue weighted by atomic mass is 32.1. The normalized spacial score (nSPS) is 15.5. The number of aromatic nitrogens is 1. The molecule has 6 heteroatoms. The first-order valence-electron chi connectivity index (χ1n) is 10.4. The van der Waals surface area contributed by atoms with E-state index in [0.29, 0.717) is 27.9 Å². The molecule has 1 unspecified atom stereocenters. The van der Waals surface area contributed by atoms with Crippen molar-refractivity contribution in [2.75, 3.05) is 11.1 Å². The fourth-order valence-corrected chi connectivity index (χ4v) is 4.95. The van der Waals surface area contributed by atoms with E-state index in [1.165, 1.54) is 16.9 Å². The number of benzene rings is 2. The molecular formula is C25H23N3O2S. The molecule has 1 amide bonds. The number of amides is 1. The fraction of sp³-hybridized carbons (Fsp3) is 0.200. The Morgan fingerprint density at radius 3 is 2.65 bits per heavy atom. The Balaban J connectivity index is 1.35. The van der Waals surface area contributed by atoms with Crippen LogP contribution in [0, 0.1) is 5.92 Å². The minimum atomic E-state index is -0.219. The molecule has 0 saturated heterocycles. The number of nitrogen functional groups attached to an aromatic ring is 1. The maximum absolute atomic E-state index is 12.9. The number of hydrogen-bond donors (Lipinski definition) is 2. The summed E-state index contributed by atoms with van der Waals surface area (Å²) < 4.78 is 5.80. The van der Waals surface area contributed by atoms with Gasteiger partial charge in [0.15, 0.2) is 0 Å². The van der Waals surface area contributed by atoms with E-state index >= 15 is 0 Å². The minimum Gasteiger partial charge on any atom is -0.457 e. The molecule has 0 saturated carbocycles. The van der Waals surface area contributed by atoms with Gasteiger partial charge in [-0.05, 0) is 73.2 Å². The molecule has 0 spiro atoms. The van der Waals surface area contributed by atoms with Crippen molar-refractivity contribution in [1.29, 1.82) is 0 Å². The zero-order valence-corrected chi connectivity index (χ0v) is 18.0. The van der Waals surface area contributed by atoms with Gasteiger partial charge in [0, 0.05) is 16.8 Å². The van der Waals surface area contributed by atoms with Crippen molar-refractivity contribution in [1.82, 2.24) is 4.98 Å². The molecule has 0 aliphatic heterocycles. The number of fused-ring (bicyclic) bond motifs is 2. The van der Waals surface area contributed by atoms with Crippen LogP contribution in [-0.4, -0.2) is 10.9 Å². The number of nitrogens with zero attached hydrogens (tertiary/aromatic N) is 1. The number of nitrogens with two attached hydrogens (primary N) is 1. The zero-order chi connectivity index (χ0) is 21.4. The highest BCUT2D eigenvalue weighted by Gasteiger charge is 2.22. The molecule has 5 nitrogen and oxygen atoms in total. The van der Waals surface area contributed by atoms with E-state index in [2.05, 4.69) is 18.3 Å². The monoisotopic (exact) mass is 429 g/mol. The van der Waals surface area contributed by atoms with E-state index in [1.807, 2.05) is 54.6 Å². The predicted octanol–water partition coefficient (Wildman–Crippen LogP) is 6.05. The maximum atomic E-state index is 12.9. The minimum absolute atomic E-state index is 0.219. The van der Waals surface area contributed by atoms with Crippen LogP contribution >= 0.6 is 11.3 Å². The van der Waals surface area contributed by atoms with Gasteiger partial charge in [0.05, 0.1) is 5.69 Å². The molecule has 1 atom stereocenters. The van der Waals surface area contributed by atoms with Gasteiger partial charge in [-0.15, -0.1) is 11.3 Å². The van der Waals surface area contributed by atoms with E-state index in [4.69, 9.17) is 15.5 Å². The number of aryl methyl sites for hydroxylation is 1. The van der Waals surface area contributed by atoms with E-state index in [0.717, 1.165) is 40.9 Å². The molecule has 4 aromatic rings. The van der Waals surface area contributed by atoms with Crippen LogP contribution in [0.1, 0.15) is 34.3 Å². The quantitative estimate of drug-likeness (QED) is 0.414. The second kappa shape index (κ2) is 8.04. The van der Waals surface area contributed by atoms with Gasteiger partial charge in [-0.2, -0.15) is 0 Å². The summed E-state index contributed by atoms with van der Waals surface area (Å²) in [6.07, 6.45) is 3.17. The van der Waals surface area contributed by atoms with Crippen LogP contribution in [0.4, 0.5) is 11.4 Å². The molecule has 2 heterocycles. The molecule has 1 aliphatic carbocycles. The van der Waals surface area contributed by atoms with Gasteiger partial charge in [0.2, 0.25) is 0 Å². The number of para-hydroxylation sites is 1. The molecule has 156 valence electrons. The molecule has 0 bridgehead atoms. The zero-order valence-electron chi connectivity index (χ0n) is 17.2. The van der Waals surface area contributed by atoms with Gasteiger partial charge in [-0.25, -0.2) is 4.98 Å². The number of pyridine rings is 1. The Kier molecular flexibility index (Phi) is 5.08. The third-order valence-corrected chi connectivity index (χ3v) is 6.74. The van der Waals surface area contributed by atoms with Crippen molar-refractivity contribution in [2.45, 2.75) is 26.2 Å². The summed E-state index contributed by atoms with van der Waals surface area (Å²) in [5.41, 5.74) is 9.96. The predicted molar refractivity (Wildman–Crippen MR) is 126 cm³/mol. The number of nitrogens with one attached hydrogen (secondary N) is 1. The van der Waals surface area contributed by atoms with Crippen molar-refractivity contribution in [3.63, 3.8) is 0 Å². The Morgan fingerprint density at radius 1 is 1.13 bits per heavy atom. The Labute approximate surface area is 184 Å². The SMILES string of the molecule is CC1CCc2nc3sc(C(=O)Nc4ccc(Oc5ccccc5)cc4)c(N)c3cc2C1. The number of carbonyl (C=O) groups is 1. The second-order valence-electron chi connectivity index (χ2n) is 8.03. The molecule has 2 aromatic heterocycles. The summed E-state index contributed by atoms with van der Waals surface area (Å²) >= 11 is 1.36. The maximum Gasteiger partial charge on any atom is 0.267 e. The summed E-state index contributed by atoms with van der Waals surface area (Å²) in [7, 11) is 0. The second-order valence-corrected chi connectivity index (χ2v) is 9.03. The molecule has 31 heavy (non-hydrogen) atoms. The third-order valence-electron chi connectivity index (χ3n) is 5.63. The number of hydrogen-bond acceptors (Lipinski definition) is 5. The van der Waals surface area contributed by atoms with Crippen LogP contribution in [-0.2, 0) is 12.8 Å². The van der Waals surface area contributed by atoms with Crippen molar-refractivity contribution >= 4 is 38.8 Å². The number of carbonyl (C=O) groups excluding carboxylic acids is 1. The Hall–Kier alpha value is -3.38. The van der Waals surface area contributed by atoms with Gasteiger partial charge in [0.25, 0.3) is 5.91 Å². The average Bonchev–Trinajstić information content (AvgIpc) is 3.10. The van der Waals surface area contributed by atoms with Gasteiger partial charge in [-0.3, -0.25) is 4.79 Å². The molecule has 0 radical (unpaired) electrons. The van der Waals surface area contributed by atoms with Gasteiger partial charge in [0.1, 0.15) is 21.2 Å². The highest BCUT2D eigenvalue weighted by Crippen LogP contribution is 2.36. The van der Waals surface area contributed by atoms with E-state index in [-0.39, 0.29) is 5.91 Å². The van der Waals surface area contributed by atoms with Gasteiger partial charge >= 0.3 is 0 Å². The fourth-order valence-electron chi connectivity index (χ4n) is 3.96. The molecule has 5 rings (SSSR count). The lowest BCUT2D eigenvalue weighted by molar-refractivity contribution is 0.103. The molecule has 0 fully saturated rings. The summed E-state index contributed by atoms with van der Waals surface area (Å²) in [6.45, 7) is 2.26. The van der Waals surface area contributed by atoms with Crippen molar-refractivity contribution in [3.05, 3.63) is 76.8 Å². The molecular weight excluding hydrogens is 406 g/mol. The lowest BCUT2D eigenvalue weighted by Crippen LogP contribution is -2.12. The highest BCUT2D eigenvalue weighted by molar-refractivity contribution is 7.21. The van der Waals surface area contributed by atoms with Crippen molar-refractivity contribution in [2.24, 2.45) is 5.92 Å². The summed E-state index contributed by atoms with van der Waals surface area (Å²) in [5.74, 6) is 1.91. The lowest BCUT2D eigenvalue weighted by atomic mass is 9.87. The number of thiophene rings is 1. The Morgan fingerprint density at radius 2 is 1.87 bits per heavy atom. The number of ether oxygens (including phenoxy) is 1. The van der Waals surface area contributed by atoms with E-state index in [1.54, 1.807) is 0 Å². The van der Waals surface area contributed by atoms with Crippen LogP contribution in [0.5, 0.6) is 11.5 Å². The smallest absolute Gasteiger partial charge is 0.267 e. The van der Waals surface area contributed by atoms with Crippen LogP contribution in [0.25, 0.3) is 10.2 Å². The molecule has 3 N–H and O–H groups in total. The van der Waals surface area contributed by atoms with Crippen LogP contribution in [0.15, 0.2) is 60.7 Å². The average molecular weight is 430 g/mol. The summed E-state index contributed by atoms with van der Waals surface area (Å²) in [4.78, 5) is 19.1. The number of anilines is 2. The standard InChI is InChI=1S/C25H23N3O2S/c1-15-7-12-21-16(13-15)14-20-22(26)23(31-25(20)28-21)24(29)27-17-8-10-19(11-9-17)30-18-5-3-2-4-6-18/h2-6,8-11,14-15H,7,12-13,26H2,1H3,(H,27,29). The van der Waals surface area contributed by atoms with Crippen LogP contribution in [0.3, 0.4) is 0 Å². The molecule has 2 aromatic carbocycles. The van der Waals surface area contributed by atoms with Crippen molar-refractivity contribution in [3.8, 4) is 11.5 Å². The van der Waals surface area contributed by atoms with Gasteiger partial charge in [-0.1, -0.05) is 25.1 Å². The lowest BCUT2D eigenvalue weighted by Gasteiger charge is -2.20. The van der Waals surface area contributed by atoms with E-state index < -0.39 is 0 Å². The summed E-state index contributed by atoms with van der Waals surface area (Å²) in [6, 6.07) is 19.0. The number of rotatable bonds is 4. The van der Waals surface area contributed by atoms with Gasteiger partial charge < -0.3 is 15.8 Å². The first-order valence-corrected chi connectivity index (χ1v) is 11.2. The molecule has 1 aliphatic rings. The van der Waals surface area contributed by atoms with Crippen LogP contribution < -0.4 is 15.8 Å². The summed E-state index contributed by atoms with van der Waals surface area (Å²) in [5, 5.41) is 3.82. The first kappa shape index (κ1) is 19.6.